The Labute approximate surface area is 117 Å². The zero-order valence-corrected chi connectivity index (χ0v) is 12.7. The topological polar surface area (TPSA) is 58.8 Å². The minimum Gasteiger partial charge on any atom is -0.381 e. The number of amides is 1. The summed E-state index contributed by atoms with van der Waals surface area (Å²) in [5, 5.41) is 0. The number of rotatable bonds is 7. The molecule has 0 bridgehead atoms. The van der Waals surface area contributed by atoms with Crippen LogP contribution < -0.4 is 5.73 Å². The zero-order chi connectivity index (χ0) is 14.3. The summed E-state index contributed by atoms with van der Waals surface area (Å²) in [6.07, 6.45) is 2.52. The molecule has 0 aliphatic carbocycles. The molecule has 0 atom stereocenters. The third-order valence-corrected chi connectivity index (χ3v) is 4.00. The Bertz CT molecular complexity index is 276. The van der Waals surface area contributed by atoms with Crippen LogP contribution in [-0.4, -0.2) is 69.2 Å². The predicted octanol–water partition coefficient (Wildman–Crippen LogP) is 0.542. The molecule has 0 aromatic heterocycles. The number of carbonyl (C=O) groups is 1. The Balaban J connectivity index is 2.59. The van der Waals surface area contributed by atoms with E-state index in [2.05, 4.69) is 19.0 Å². The van der Waals surface area contributed by atoms with Gasteiger partial charge in [0, 0.05) is 32.8 Å². The van der Waals surface area contributed by atoms with E-state index in [0.29, 0.717) is 19.8 Å². The summed E-state index contributed by atoms with van der Waals surface area (Å²) in [7, 11) is 4.11. The second-order valence-corrected chi connectivity index (χ2v) is 5.64. The van der Waals surface area contributed by atoms with E-state index in [1.807, 2.05) is 11.8 Å². The van der Waals surface area contributed by atoms with Crippen molar-refractivity contribution in [3.8, 4) is 0 Å². The fourth-order valence-electron chi connectivity index (χ4n) is 2.58. The van der Waals surface area contributed by atoms with Gasteiger partial charge < -0.3 is 20.3 Å². The standard InChI is InChI=1S/C14H29N3O2/c1-4-17(9-5-8-16(2)3)13(18)14(12-15)6-10-19-11-7-14/h4-12,15H2,1-3H3. The van der Waals surface area contributed by atoms with Gasteiger partial charge in [-0.25, -0.2) is 0 Å². The molecule has 2 N–H and O–H groups in total. The second kappa shape index (κ2) is 7.82. The van der Waals surface area contributed by atoms with Crippen LogP contribution in [0.5, 0.6) is 0 Å². The quantitative estimate of drug-likeness (QED) is 0.734. The molecule has 112 valence electrons. The fraction of sp³-hybridized carbons (Fsp3) is 0.929. The number of nitrogens with zero attached hydrogens (tertiary/aromatic N) is 2. The monoisotopic (exact) mass is 271 g/mol. The highest BCUT2D eigenvalue weighted by atomic mass is 16.5. The Morgan fingerprint density at radius 2 is 1.89 bits per heavy atom. The van der Waals surface area contributed by atoms with Crippen molar-refractivity contribution in [1.29, 1.82) is 0 Å². The lowest BCUT2D eigenvalue weighted by atomic mass is 9.79. The van der Waals surface area contributed by atoms with Crippen molar-refractivity contribution in [2.24, 2.45) is 11.1 Å². The van der Waals surface area contributed by atoms with Crippen molar-refractivity contribution >= 4 is 5.91 Å². The lowest BCUT2D eigenvalue weighted by Crippen LogP contribution is -2.51. The molecular weight excluding hydrogens is 242 g/mol. The molecule has 19 heavy (non-hydrogen) atoms. The average Bonchev–Trinajstić information content (AvgIpc) is 2.43. The van der Waals surface area contributed by atoms with Crippen LogP contribution in [0.1, 0.15) is 26.2 Å². The molecule has 1 heterocycles. The number of ether oxygens (including phenoxy) is 1. The number of hydrogen-bond donors (Lipinski definition) is 1. The van der Waals surface area contributed by atoms with Gasteiger partial charge in [-0.1, -0.05) is 0 Å². The molecule has 0 unspecified atom stereocenters. The highest BCUT2D eigenvalue weighted by molar-refractivity contribution is 5.83. The number of nitrogens with two attached hydrogens (primary N) is 1. The number of carbonyl (C=O) groups excluding carboxylic acids is 1. The van der Waals surface area contributed by atoms with Gasteiger partial charge in [0.25, 0.3) is 0 Å². The minimum atomic E-state index is -0.383. The molecule has 0 spiro atoms. The second-order valence-electron chi connectivity index (χ2n) is 5.64. The van der Waals surface area contributed by atoms with Gasteiger partial charge >= 0.3 is 0 Å². The molecule has 0 saturated carbocycles. The first-order valence-corrected chi connectivity index (χ1v) is 7.27. The normalized spacial score (nSPS) is 18.6. The van der Waals surface area contributed by atoms with Gasteiger partial charge in [-0.05, 0) is 46.8 Å². The van der Waals surface area contributed by atoms with Gasteiger partial charge in [-0.3, -0.25) is 4.79 Å². The van der Waals surface area contributed by atoms with Crippen LogP contribution in [0.4, 0.5) is 0 Å². The zero-order valence-electron chi connectivity index (χ0n) is 12.7. The lowest BCUT2D eigenvalue weighted by Gasteiger charge is -2.38. The van der Waals surface area contributed by atoms with Gasteiger partial charge in [-0.2, -0.15) is 0 Å². The summed E-state index contributed by atoms with van der Waals surface area (Å²) in [6.45, 7) is 6.35. The van der Waals surface area contributed by atoms with E-state index < -0.39 is 0 Å². The van der Waals surface area contributed by atoms with E-state index in [0.717, 1.165) is 38.9 Å². The van der Waals surface area contributed by atoms with Crippen molar-refractivity contribution in [2.45, 2.75) is 26.2 Å². The van der Waals surface area contributed by atoms with E-state index in [9.17, 15) is 4.79 Å². The van der Waals surface area contributed by atoms with Crippen LogP contribution in [0.25, 0.3) is 0 Å². The highest BCUT2D eigenvalue weighted by Crippen LogP contribution is 2.31. The summed E-state index contributed by atoms with van der Waals surface area (Å²) >= 11 is 0. The van der Waals surface area contributed by atoms with Crippen molar-refractivity contribution < 1.29 is 9.53 Å². The molecule has 0 radical (unpaired) electrons. The van der Waals surface area contributed by atoms with Gasteiger partial charge in [0.1, 0.15) is 0 Å². The molecule has 5 nitrogen and oxygen atoms in total. The van der Waals surface area contributed by atoms with E-state index in [1.54, 1.807) is 0 Å². The molecule has 0 aromatic rings. The van der Waals surface area contributed by atoms with E-state index in [-0.39, 0.29) is 11.3 Å². The van der Waals surface area contributed by atoms with Gasteiger partial charge in [0.2, 0.25) is 5.91 Å². The first kappa shape index (κ1) is 16.4. The number of hydrogen-bond acceptors (Lipinski definition) is 4. The molecule has 1 rings (SSSR count). The molecular formula is C14H29N3O2. The van der Waals surface area contributed by atoms with Crippen molar-refractivity contribution in [3.63, 3.8) is 0 Å². The Hall–Kier alpha value is -0.650. The van der Waals surface area contributed by atoms with Crippen LogP contribution in [0.3, 0.4) is 0 Å². The summed E-state index contributed by atoms with van der Waals surface area (Å²) in [5.74, 6) is 0.222. The third-order valence-electron chi connectivity index (χ3n) is 4.00. The summed E-state index contributed by atoms with van der Waals surface area (Å²) in [5.41, 5.74) is 5.51. The molecule has 1 fully saturated rings. The molecule has 1 amide bonds. The predicted molar refractivity (Wildman–Crippen MR) is 77.0 cm³/mol. The van der Waals surface area contributed by atoms with E-state index in [1.165, 1.54) is 0 Å². The van der Waals surface area contributed by atoms with Crippen LogP contribution in [0.2, 0.25) is 0 Å². The Morgan fingerprint density at radius 3 is 2.37 bits per heavy atom. The molecule has 0 aromatic carbocycles. The van der Waals surface area contributed by atoms with Crippen molar-refractivity contribution in [1.82, 2.24) is 9.80 Å². The van der Waals surface area contributed by atoms with Gasteiger partial charge in [0.15, 0.2) is 0 Å². The van der Waals surface area contributed by atoms with Crippen molar-refractivity contribution in [3.05, 3.63) is 0 Å². The molecule has 1 aliphatic heterocycles. The maximum Gasteiger partial charge on any atom is 0.230 e. The Kier molecular flexibility index (Phi) is 6.75. The summed E-state index contributed by atoms with van der Waals surface area (Å²) in [6, 6.07) is 0. The maximum absolute atomic E-state index is 12.7. The maximum atomic E-state index is 12.7. The molecule has 1 aliphatic rings. The third kappa shape index (κ3) is 4.44. The molecule has 1 saturated heterocycles. The van der Waals surface area contributed by atoms with Gasteiger partial charge in [-0.15, -0.1) is 0 Å². The van der Waals surface area contributed by atoms with Gasteiger partial charge in [0.05, 0.1) is 5.41 Å². The SMILES string of the molecule is CCN(CCCN(C)C)C(=O)C1(CN)CCOCC1. The van der Waals surface area contributed by atoms with Crippen molar-refractivity contribution in [2.75, 3.05) is 53.5 Å². The lowest BCUT2D eigenvalue weighted by molar-refractivity contribution is -0.147. The minimum absolute atomic E-state index is 0.222. The fourth-order valence-corrected chi connectivity index (χ4v) is 2.58. The highest BCUT2D eigenvalue weighted by Gasteiger charge is 2.40. The summed E-state index contributed by atoms with van der Waals surface area (Å²) < 4.78 is 5.37. The Morgan fingerprint density at radius 1 is 1.26 bits per heavy atom. The van der Waals surface area contributed by atoms with Crippen LogP contribution in [-0.2, 0) is 9.53 Å². The molecule has 5 heteroatoms. The van der Waals surface area contributed by atoms with E-state index >= 15 is 0 Å². The van der Waals surface area contributed by atoms with Crippen LogP contribution >= 0.6 is 0 Å². The first-order valence-electron chi connectivity index (χ1n) is 7.27. The van der Waals surface area contributed by atoms with Crippen LogP contribution in [0, 0.1) is 5.41 Å². The first-order chi connectivity index (χ1) is 9.05. The van der Waals surface area contributed by atoms with Crippen LogP contribution in [0.15, 0.2) is 0 Å². The van der Waals surface area contributed by atoms with E-state index in [4.69, 9.17) is 10.5 Å². The average molecular weight is 271 g/mol. The largest absolute Gasteiger partial charge is 0.381 e. The smallest absolute Gasteiger partial charge is 0.230 e. The summed E-state index contributed by atoms with van der Waals surface area (Å²) in [4.78, 5) is 16.8.